The van der Waals surface area contributed by atoms with Crippen molar-refractivity contribution >= 4 is 17.3 Å². The van der Waals surface area contributed by atoms with Crippen LogP contribution in [0.1, 0.15) is 0 Å². The number of carbonyl (C=O) groups is 1. The monoisotopic (exact) mass is 224 g/mol. The maximum absolute atomic E-state index is 11.7. The van der Waals surface area contributed by atoms with Gasteiger partial charge < -0.3 is 5.11 Å². The molecule has 0 aliphatic rings. The molecule has 0 saturated carbocycles. The van der Waals surface area contributed by atoms with Crippen LogP contribution in [0.4, 0.5) is 4.79 Å². The summed E-state index contributed by atoms with van der Waals surface area (Å²) >= 11 is 0. The van der Waals surface area contributed by atoms with Crippen molar-refractivity contribution in [3.63, 3.8) is 0 Å². The van der Waals surface area contributed by atoms with Crippen LogP contribution < -0.4 is 11.2 Å². The second-order valence-electron chi connectivity index (χ2n) is 3.28. The fourth-order valence-electron chi connectivity index (χ4n) is 1.49. The predicted octanol–water partition coefficient (Wildman–Crippen LogP) is -1.04. The van der Waals surface area contributed by atoms with Crippen LogP contribution in [-0.2, 0) is 14.1 Å². The van der Waals surface area contributed by atoms with E-state index in [2.05, 4.69) is 4.98 Å². The Morgan fingerprint density at radius 1 is 1.31 bits per heavy atom. The second-order valence-corrected chi connectivity index (χ2v) is 3.28. The van der Waals surface area contributed by atoms with E-state index >= 15 is 0 Å². The third-order valence-electron chi connectivity index (χ3n) is 2.35. The molecule has 2 heterocycles. The van der Waals surface area contributed by atoms with E-state index in [1.165, 1.54) is 14.1 Å². The summed E-state index contributed by atoms with van der Waals surface area (Å²) < 4.78 is 2.65. The normalized spacial score (nSPS) is 10.9. The Labute approximate surface area is 88.0 Å². The second kappa shape index (κ2) is 3.05. The Bertz CT molecular complexity index is 705. The van der Waals surface area contributed by atoms with E-state index in [1.807, 2.05) is 0 Å². The Balaban J connectivity index is 3.13. The first-order chi connectivity index (χ1) is 7.45. The molecule has 0 radical (unpaired) electrons. The molecule has 16 heavy (non-hydrogen) atoms. The number of imidazole rings is 1. The third kappa shape index (κ3) is 1.09. The van der Waals surface area contributed by atoms with Crippen LogP contribution in [0.25, 0.3) is 11.2 Å². The molecular formula is C8H8N4O4. The molecule has 0 aliphatic carbocycles. The summed E-state index contributed by atoms with van der Waals surface area (Å²) in [5.41, 5.74) is -1.31. The van der Waals surface area contributed by atoms with E-state index in [4.69, 9.17) is 5.11 Å². The molecule has 0 amide bonds. The molecule has 1 N–H and O–H groups in total. The van der Waals surface area contributed by atoms with Crippen molar-refractivity contribution < 1.29 is 9.90 Å². The Kier molecular flexibility index (Phi) is 1.94. The highest BCUT2D eigenvalue weighted by Gasteiger charge is 2.16. The zero-order chi connectivity index (χ0) is 12.0. The molecule has 0 fully saturated rings. The fraction of sp³-hybridized carbons (Fsp3) is 0.250. The molecule has 8 nitrogen and oxygen atoms in total. The Hall–Kier alpha value is -2.38. The van der Waals surface area contributed by atoms with Crippen molar-refractivity contribution in [1.29, 1.82) is 0 Å². The minimum absolute atomic E-state index is 0.0514. The van der Waals surface area contributed by atoms with Gasteiger partial charge in [-0.2, -0.15) is 0 Å². The van der Waals surface area contributed by atoms with Gasteiger partial charge in [0.05, 0.1) is 0 Å². The van der Waals surface area contributed by atoms with Crippen LogP contribution in [0.5, 0.6) is 0 Å². The van der Waals surface area contributed by atoms with Crippen molar-refractivity contribution in [2.24, 2.45) is 14.1 Å². The summed E-state index contributed by atoms with van der Waals surface area (Å²) in [5, 5.41) is 8.83. The van der Waals surface area contributed by atoms with Gasteiger partial charge in [-0.1, -0.05) is 0 Å². The topological polar surface area (TPSA) is 99.1 Å². The van der Waals surface area contributed by atoms with E-state index in [1.54, 1.807) is 0 Å². The standard InChI is InChI=1S/C8H8N4O4/c1-10-5-4(6(13)11(2)7(10)14)12(3-9-5)8(15)16/h3H,1-2H3,(H,15,16). The number of fused-ring (bicyclic) bond motifs is 1. The number of aromatic nitrogens is 4. The largest absolute Gasteiger partial charge is 0.464 e. The van der Waals surface area contributed by atoms with Gasteiger partial charge in [0, 0.05) is 14.1 Å². The van der Waals surface area contributed by atoms with E-state index < -0.39 is 17.3 Å². The maximum atomic E-state index is 11.7. The first kappa shape index (κ1) is 10.1. The van der Waals surface area contributed by atoms with Gasteiger partial charge in [-0.3, -0.25) is 13.9 Å². The van der Waals surface area contributed by atoms with E-state index in [0.29, 0.717) is 4.57 Å². The number of nitrogens with zero attached hydrogens (tertiary/aromatic N) is 4. The zero-order valence-corrected chi connectivity index (χ0v) is 8.54. The van der Waals surface area contributed by atoms with Gasteiger partial charge in [0.15, 0.2) is 11.2 Å². The molecule has 0 aliphatic heterocycles. The van der Waals surface area contributed by atoms with E-state index in [-0.39, 0.29) is 11.2 Å². The summed E-state index contributed by atoms with van der Waals surface area (Å²) in [6, 6.07) is 0. The number of aryl methyl sites for hydroxylation is 1. The minimum Gasteiger partial charge on any atom is -0.464 e. The smallest absolute Gasteiger partial charge is 0.417 e. The lowest BCUT2D eigenvalue weighted by Crippen LogP contribution is -2.37. The molecule has 2 rings (SSSR count). The van der Waals surface area contributed by atoms with Gasteiger partial charge in [0.1, 0.15) is 6.33 Å². The molecule has 2 aromatic rings. The van der Waals surface area contributed by atoms with Gasteiger partial charge in [-0.05, 0) is 0 Å². The summed E-state index contributed by atoms with van der Waals surface area (Å²) in [7, 11) is 2.70. The Morgan fingerprint density at radius 2 is 1.94 bits per heavy atom. The lowest BCUT2D eigenvalue weighted by molar-refractivity contribution is 0.197. The number of hydrogen-bond acceptors (Lipinski definition) is 4. The minimum atomic E-state index is -1.32. The molecule has 0 atom stereocenters. The molecule has 0 unspecified atom stereocenters. The molecular weight excluding hydrogens is 216 g/mol. The van der Waals surface area contributed by atoms with Crippen LogP contribution in [0.15, 0.2) is 15.9 Å². The van der Waals surface area contributed by atoms with Crippen molar-refractivity contribution in [2.75, 3.05) is 0 Å². The summed E-state index contributed by atoms with van der Waals surface area (Å²) in [6.07, 6.45) is -0.327. The zero-order valence-electron chi connectivity index (χ0n) is 8.54. The lowest BCUT2D eigenvalue weighted by Gasteiger charge is -2.03. The average Bonchev–Trinajstić information content (AvgIpc) is 2.67. The molecule has 2 aromatic heterocycles. The van der Waals surface area contributed by atoms with Gasteiger partial charge in [0.2, 0.25) is 0 Å². The van der Waals surface area contributed by atoms with E-state index in [9.17, 15) is 14.4 Å². The number of carboxylic acid groups (broad SMARTS) is 1. The highest BCUT2D eigenvalue weighted by molar-refractivity contribution is 5.82. The molecule has 0 spiro atoms. The van der Waals surface area contributed by atoms with Crippen molar-refractivity contribution in [3.8, 4) is 0 Å². The highest BCUT2D eigenvalue weighted by atomic mass is 16.4. The number of hydrogen-bond donors (Lipinski definition) is 1. The first-order valence-corrected chi connectivity index (χ1v) is 4.31. The molecule has 84 valence electrons. The van der Waals surface area contributed by atoms with Gasteiger partial charge in [0.25, 0.3) is 5.56 Å². The molecule has 8 heteroatoms. The first-order valence-electron chi connectivity index (χ1n) is 4.31. The summed E-state index contributed by atoms with van der Waals surface area (Å²) in [4.78, 5) is 37.8. The third-order valence-corrected chi connectivity index (χ3v) is 2.35. The Morgan fingerprint density at radius 3 is 2.50 bits per heavy atom. The van der Waals surface area contributed by atoms with Crippen molar-refractivity contribution in [3.05, 3.63) is 27.2 Å². The molecule has 0 saturated heterocycles. The maximum Gasteiger partial charge on any atom is 0.417 e. The van der Waals surface area contributed by atoms with E-state index in [0.717, 1.165) is 15.5 Å². The van der Waals surface area contributed by atoms with Crippen LogP contribution in [0.3, 0.4) is 0 Å². The van der Waals surface area contributed by atoms with Crippen LogP contribution >= 0.6 is 0 Å². The van der Waals surface area contributed by atoms with Crippen LogP contribution in [0.2, 0.25) is 0 Å². The highest BCUT2D eigenvalue weighted by Crippen LogP contribution is 2.04. The SMILES string of the molecule is Cn1c(=O)c2c(ncn2C(=O)O)n(C)c1=O. The summed E-state index contributed by atoms with van der Waals surface area (Å²) in [5.74, 6) is 0. The van der Waals surface area contributed by atoms with Crippen LogP contribution in [0, 0.1) is 0 Å². The molecule has 0 bridgehead atoms. The van der Waals surface area contributed by atoms with Crippen LogP contribution in [-0.4, -0.2) is 29.9 Å². The summed E-state index contributed by atoms with van der Waals surface area (Å²) in [6.45, 7) is 0. The van der Waals surface area contributed by atoms with Gasteiger partial charge in [-0.15, -0.1) is 0 Å². The van der Waals surface area contributed by atoms with Crippen molar-refractivity contribution in [2.45, 2.75) is 0 Å². The van der Waals surface area contributed by atoms with Gasteiger partial charge >= 0.3 is 11.8 Å². The molecule has 0 aromatic carbocycles. The number of rotatable bonds is 0. The fourth-order valence-corrected chi connectivity index (χ4v) is 1.49. The quantitative estimate of drug-likeness (QED) is 0.616. The average molecular weight is 224 g/mol. The van der Waals surface area contributed by atoms with Crippen molar-refractivity contribution in [1.82, 2.24) is 18.7 Å². The predicted molar refractivity (Wildman–Crippen MR) is 53.6 cm³/mol. The van der Waals surface area contributed by atoms with Gasteiger partial charge in [-0.25, -0.2) is 19.1 Å². The lowest BCUT2D eigenvalue weighted by atomic mass is 10.5.